The van der Waals surface area contributed by atoms with E-state index in [1.165, 1.54) is 13.0 Å². The topological polar surface area (TPSA) is 79.6 Å². The van der Waals surface area contributed by atoms with Crippen LogP contribution in [0.3, 0.4) is 0 Å². The fraction of sp³-hybridized carbons (Fsp3) is 0.286. The number of carboxylic acids is 1. The van der Waals surface area contributed by atoms with Gasteiger partial charge in [0.1, 0.15) is 17.4 Å². The molecular formula is C14H13O5-. The first-order valence-electron chi connectivity index (χ1n) is 5.81. The van der Waals surface area contributed by atoms with Crippen molar-refractivity contribution in [1.82, 2.24) is 0 Å². The molecule has 1 atom stereocenters. The van der Waals surface area contributed by atoms with Gasteiger partial charge in [0.25, 0.3) is 0 Å². The van der Waals surface area contributed by atoms with Crippen LogP contribution in [0.15, 0.2) is 27.4 Å². The lowest BCUT2D eigenvalue weighted by molar-refractivity contribution is -0.312. The molecule has 2 aromatic rings. The third-order valence-electron chi connectivity index (χ3n) is 3.07. The molecule has 0 aliphatic carbocycles. The minimum Gasteiger partial charge on any atom is -0.546 e. The number of rotatable bonds is 3. The van der Waals surface area contributed by atoms with Crippen LogP contribution in [0.2, 0.25) is 0 Å². The molecule has 2 rings (SSSR count). The molecule has 0 aliphatic heterocycles. The number of carboxylic acid groups (broad SMARTS) is 1. The van der Waals surface area contributed by atoms with Gasteiger partial charge in [-0.05, 0) is 38.5 Å². The fourth-order valence-corrected chi connectivity index (χ4v) is 1.75. The van der Waals surface area contributed by atoms with E-state index in [0.717, 1.165) is 10.9 Å². The summed E-state index contributed by atoms with van der Waals surface area (Å²) < 4.78 is 10.3. The quantitative estimate of drug-likeness (QED) is 0.768. The highest BCUT2D eigenvalue weighted by atomic mass is 16.5. The number of carbonyl (C=O) groups excluding carboxylic acids is 1. The van der Waals surface area contributed by atoms with E-state index in [1.54, 1.807) is 19.1 Å². The molecule has 5 heteroatoms. The molecule has 100 valence electrons. The molecule has 0 saturated carbocycles. The molecule has 1 aromatic carbocycles. The van der Waals surface area contributed by atoms with Gasteiger partial charge in [0.15, 0.2) is 0 Å². The first-order chi connectivity index (χ1) is 8.90. The number of ether oxygens (including phenoxy) is 1. The Hall–Kier alpha value is -2.30. The van der Waals surface area contributed by atoms with Crippen LogP contribution in [-0.4, -0.2) is 12.1 Å². The van der Waals surface area contributed by atoms with Crippen molar-refractivity contribution in [2.45, 2.75) is 26.9 Å². The number of hydrogen-bond acceptors (Lipinski definition) is 5. The third kappa shape index (κ3) is 2.45. The van der Waals surface area contributed by atoms with E-state index in [0.29, 0.717) is 16.9 Å². The Morgan fingerprint density at radius 3 is 2.63 bits per heavy atom. The van der Waals surface area contributed by atoms with Crippen LogP contribution in [0, 0.1) is 13.8 Å². The molecule has 0 amide bonds. The molecule has 19 heavy (non-hydrogen) atoms. The van der Waals surface area contributed by atoms with Gasteiger partial charge in [-0.3, -0.25) is 0 Å². The molecule has 5 nitrogen and oxygen atoms in total. The van der Waals surface area contributed by atoms with Gasteiger partial charge in [-0.2, -0.15) is 0 Å². The van der Waals surface area contributed by atoms with Crippen molar-refractivity contribution < 1.29 is 19.1 Å². The maximum absolute atomic E-state index is 11.6. The van der Waals surface area contributed by atoms with E-state index in [2.05, 4.69) is 0 Å². The van der Waals surface area contributed by atoms with Gasteiger partial charge in [0.05, 0.1) is 5.97 Å². The maximum atomic E-state index is 11.6. The zero-order valence-corrected chi connectivity index (χ0v) is 10.9. The lowest BCUT2D eigenvalue weighted by atomic mass is 10.1. The van der Waals surface area contributed by atoms with Gasteiger partial charge in [0.2, 0.25) is 0 Å². The number of hydrogen-bond donors (Lipinski definition) is 0. The maximum Gasteiger partial charge on any atom is 0.339 e. The van der Waals surface area contributed by atoms with Crippen molar-refractivity contribution in [3.63, 3.8) is 0 Å². The molecule has 1 heterocycles. The number of aliphatic carboxylic acids is 1. The predicted molar refractivity (Wildman–Crippen MR) is 67.1 cm³/mol. The lowest BCUT2D eigenvalue weighted by Crippen LogP contribution is -2.37. The Morgan fingerprint density at radius 1 is 1.32 bits per heavy atom. The second-order valence-electron chi connectivity index (χ2n) is 4.38. The van der Waals surface area contributed by atoms with Crippen LogP contribution < -0.4 is 15.5 Å². The highest BCUT2D eigenvalue weighted by Gasteiger charge is 2.10. The fourth-order valence-electron chi connectivity index (χ4n) is 1.75. The van der Waals surface area contributed by atoms with Gasteiger partial charge < -0.3 is 19.1 Å². The summed E-state index contributed by atoms with van der Waals surface area (Å²) in [4.78, 5) is 22.2. The molecule has 0 unspecified atom stereocenters. The molecule has 0 radical (unpaired) electrons. The van der Waals surface area contributed by atoms with E-state index in [1.807, 2.05) is 6.92 Å². The first-order valence-corrected chi connectivity index (χ1v) is 5.81. The van der Waals surface area contributed by atoms with Crippen molar-refractivity contribution in [2.24, 2.45) is 0 Å². The minimum absolute atomic E-state index is 0.315. The van der Waals surface area contributed by atoms with Gasteiger partial charge in [-0.1, -0.05) is 0 Å². The second kappa shape index (κ2) is 4.76. The first kappa shape index (κ1) is 13.1. The van der Waals surface area contributed by atoms with Crippen molar-refractivity contribution in [3.05, 3.63) is 39.7 Å². The van der Waals surface area contributed by atoms with Gasteiger partial charge in [-0.25, -0.2) is 4.79 Å². The van der Waals surface area contributed by atoms with E-state index in [9.17, 15) is 14.7 Å². The standard InChI is InChI=1S/C14H14O5/c1-7-8(2)14(17)19-12-6-10(4-5-11(7)12)18-9(3)13(15)16/h4-6,9H,1-3H3,(H,15,16)/p-1/t9-/m0/s1. The van der Waals surface area contributed by atoms with Crippen LogP contribution in [0.5, 0.6) is 5.75 Å². The Bertz CT molecular complexity index is 699. The Morgan fingerprint density at radius 2 is 2.00 bits per heavy atom. The summed E-state index contributed by atoms with van der Waals surface area (Å²) in [5.74, 6) is -0.989. The molecule has 0 bridgehead atoms. The number of carbonyl (C=O) groups is 1. The number of aryl methyl sites for hydroxylation is 1. The van der Waals surface area contributed by atoms with Crippen LogP contribution in [-0.2, 0) is 4.79 Å². The van der Waals surface area contributed by atoms with Crippen molar-refractivity contribution >= 4 is 16.9 Å². The third-order valence-corrected chi connectivity index (χ3v) is 3.07. The van der Waals surface area contributed by atoms with Crippen LogP contribution >= 0.6 is 0 Å². The summed E-state index contributed by atoms with van der Waals surface area (Å²) >= 11 is 0. The summed E-state index contributed by atoms with van der Waals surface area (Å²) in [6, 6.07) is 4.87. The van der Waals surface area contributed by atoms with Gasteiger partial charge >= 0.3 is 5.63 Å². The van der Waals surface area contributed by atoms with E-state index >= 15 is 0 Å². The SMILES string of the molecule is Cc1c(C)c2ccc(O[C@@H](C)C(=O)[O-])cc2oc1=O. The van der Waals surface area contributed by atoms with Crippen molar-refractivity contribution in [1.29, 1.82) is 0 Å². The average molecular weight is 261 g/mol. The van der Waals surface area contributed by atoms with E-state index < -0.39 is 17.7 Å². The van der Waals surface area contributed by atoms with Gasteiger partial charge in [0, 0.05) is 17.0 Å². The van der Waals surface area contributed by atoms with E-state index in [4.69, 9.17) is 9.15 Å². The normalized spacial score (nSPS) is 12.4. The van der Waals surface area contributed by atoms with Crippen LogP contribution in [0.25, 0.3) is 11.0 Å². The molecule has 0 N–H and O–H groups in total. The Balaban J connectivity index is 2.50. The summed E-state index contributed by atoms with van der Waals surface area (Å²) in [7, 11) is 0. The molecule has 0 fully saturated rings. The molecule has 0 aliphatic rings. The zero-order chi connectivity index (χ0) is 14.2. The molecule has 1 aromatic heterocycles. The molecular weight excluding hydrogens is 248 g/mol. The second-order valence-corrected chi connectivity index (χ2v) is 4.38. The minimum atomic E-state index is -1.30. The number of benzene rings is 1. The van der Waals surface area contributed by atoms with E-state index in [-0.39, 0.29) is 0 Å². The Kier molecular flexibility index (Phi) is 3.29. The zero-order valence-electron chi connectivity index (χ0n) is 10.9. The summed E-state index contributed by atoms with van der Waals surface area (Å²) in [6.45, 7) is 4.90. The smallest absolute Gasteiger partial charge is 0.339 e. The summed E-state index contributed by atoms with van der Waals surface area (Å²) in [6.07, 6.45) is -1.07. The Labute approximate surface area is 109 Å². The van der Waals surface area contributed by atoms with Crippen LogP contribution in [0.1, 0.15) is 18.1 Å². The largest absolute Gasteiger partial charge is 0.546 e. The molecule has 0 spiro atoms. The lowest BCUT2D eigenvalue weighted by Gasteiger charge is -2.15. The highest BCUT2D eigenvalue weighted by Crippen LogP contribution is 2.24. The van der Waals surface area contributed by atoms with Crippen LogP contribution in [0.4, 0.5) is 0 Å². The van der Waals surface area contributed by atoms with Crippen molar-refractivity contribution in [2.75, 3.05) is 0 Å². The highest BCUT2D eigenvalue weighted by molar-refractivity contribution is 5.82. The number of fused-ring (bicyclic) bond motifs is 1. The summed E-state index contributed by atoms with van der Waals surface area (Å²) in [5, 5.41) is 11.4. The van der Waals surface area contributed by atoms with Gasteiger partial charge in [-0.15, -0.1) is 0 Å². The molecule has 0 saturated heterocycles. The predicted octanol–water partition coefficient (Wildman–Crippen LogP) is 0.927. The monoisotopic (exact) mass is 261 g/mol. The van der Waals surface area contributed by atoms with Crippen molar-refractivity contribution in [3.8, 4) is 5.75 Å². The average Bonchev–Trinajstić information content (AvgIpc) is 2.35. The summed E-state index contributed by atoms with van der Waals surface area (Å²) in [5.41, 5.74) is 1.36.